The van der Waals surface area contributed by atoms with Gasteiger partial charge in [-0.05, 0) is 51.2 Å². The Balaban J connectivity index is 1.86. The summed E-state index contributed by atoms with van der Waals surface area (Å²) < 4.78 is 32.0. The van der Waals surface area contributed by atoms with Crippen molar-refractivity contribution in [2.75, 3.05) is 19.6 Å². The van der Waals surface area contributed by atoms with Crippen LogP contribution in [0.15, 0.2) is 24.3 Å². The number of hydrogen-bond donors (Lipinski definition) is 1. The van der Waals surface area contributed by atoms with Gasteiger partial charge in [0.1, 0.15) is 5.60 Å². The molecule has 1 fully saturated rings. The van der Waals surface area contributed by atoms with Gasteiger partial charge in [-0.3, -0.25) is 0 Å². The molecule has 0 spiro atoms. The summed E-state index contributed by atoms with van der Waals surface area (Å²) in [4.78, 5) is 11.7. The predicted molar refractivity (Wildman–Crippen MR) is 102 cm³/mol. The molecule has 0 aliphatic carbocycles. The van der Waals surface area contributed by atoms with E-state index in [-0.39, 0.29) is 11.7 Å². The number of alkyl carbamates (subject to hydrolysis) is 1. The van der Waals surface area contributed by atoms with Crippen LogP contribution in [0.25, 0.3) is 0 Å². The van der Waals surface area contributed by atoms with Crippen LogP contribution in [0.5, 0.6) is 0 Å². The van der Waals surface area contributed by atoms with Crippen molar-refractivity contribution in [1.82, 2.24) is 9.62 Å². The summed E-state index contributed by atoms with van der Waals surface area (Å²) in [7, 11) is -3.48. The molecule has 0 bridgehead atoms. The summed E-state index contributed by atoms with van der Waals surface area (Å²) in [5, 5.41) is 11.9. The standard InChI is InChI=1S/C19H27N3O4S/c1-19(2,3)26-18(23)21-13-15-8-10-22(11-9-15)27(24,25)14-17-7-5-4-6-16(17)12-20/h4-7,15H,8-11,13-14H2,1-3H3,(H,21,23). The molecule has 1 aromatic carbocycles. The van der Waals surface area contributed by atoms with Gasteiger partial charge in [0.15, 0.2) is 0 Å². The minimum Gasteiger partial charge on any atom is -0.444 e. The molecule has 1 N–H and O–H groups in total. The Morgan fingerprint density at radius 2 is 1.93 bits per heavy atom. The molecular formula is C19H27N3O4S. The molecule has 0 saturated carbocycles. The lowest BCUT2D eigenvalue weighted by Crippen LogP contribution is -2.42. The zero-order valence-electron chi connectivity index (χ0n) is 16.1. The van der Waals surface area contributed by atoms with Gasteiger partial charge in [-0.15, -0.1) is 0 Å². The third-order valence-electron chi connectivity index (χ3n) is 4.38. The summed E-state index contributed by atoms with van der Waals surface area (Å²) in [6.07, 6.45) is 0.898. The fraction of sp³-hybridized carbons (Fsp3) is 0.579. The minimum atomic E-state index is -3.48. The van der Waals surface area contributed by atoms with Crippen LogP contribution in [-0.2, 0) is 20.5 Å². The molecule has 1 amide bonds. The Morgan fingerprint density at radius 3 is 2.52 bits per heavy atom. The fourth-order valence-corrected chi connectivity index (χ4v) is 4.57. The van der Waals surface area contributed by atoms with E-state index in [0.29, 0.717) is 43.6 Å². The molecule has 1 saturated heterocycles. The van der Waals surface area contributed by atoms with Crippen LogP contribution in [0.2, 0.25) is 0 Å². The predicted octanol–water partition coefficient (Wildman–Crippen LogP) is 2.62. The zero-order valence-corrected chi connectivity index (χ0v) is 16.9. The highest BCUT2D eigenvalue weighted by Crippen LogP contribution is 2.22. The molecule has 0 radical (unpaired) electrons. The van der Waals surface area contributed by atoms with E-state index in [4.69, 9.17) is 10.00 Å². The molecule has 1 aliphatic heterocycles. The Bertz CT molecular complexity index is 801. The first-order valence-corrected chi connectivity index (χ1v) is 10.6. The van der Waals surface area contributed by atoms with Gasteiger partial charge in [0.25, 0.3) is 0 Å². The number of ether oxygens (including phenoxy) is 1. The number of nitrogens with one attached hydrogen (secondary N) is 1. The fourth-order valence-electron chi connectivity index (χ4n) is 2.98. The average Bonchev–Trinajstić information content (AvgIpc) is 2.59. The van der Waals surface area contributed by atoms with Gasteiger partial charge in [0.2, 0.25) is 10.0 Å². The number of nitrogens with zero attached hydrogens (tertiary/aromatic N) is 2. The average molecular weight is 394 g/mol. The van der Waals surface area contributed by atoms with Gasteiger partial charge in [-0.2, -0.15) is 5.26 Å². The molecule has 1 aliphatic rings. The summed E-state index contributed by atoms with van der Waals surface area (Å²) in [6.45, 7) is 6.72. The third-order valence-corrected chi connectivity index (χ3v) is 6.20. The molecule has 1 heterocycles. The van der Waals surface area contributed by atoms with Crippen LogP contribution in [-0.4, -0.2) is 44.1 Å². The van der Waals surface area contributed by atoms with Crippen molar-refractivity contribution < 1.29 is 17.9 Å². The third kappa shape index (κ3) is 6.52. The first kappa shape index (κ1) is 21.2. The molecular weight excluding hydrogens is 366 g/mol. The van der Waals surface area contributed by atoms with E-state index in [9.17, 15) is 13.2 Å². The Kier molecular flexibility index (Phi) is 6.84. The van der Waals surface area contributed by atoms with Crippen molar-refractivity contribution in [3.63, 3.8) is 0 Å². The largest absolute Gasteiger partial charge is 0.444 e. The van der Waals surface area contributed by atoms with E-state index in [1.165, 1.54) is 4.31 Å². The lowest BCUT2D eigenvalue weighted by molar-refractivity contribution is 0.0513. The van der Waals surface area contributed by atoms with E-state index in [0.717, 1.165) is 0 Å². The van der Waals surface area contributed by atoms with Crippen molar-refractivity contribution in [3.05, 3.63) is 35.4 Å². The Hall–Kier alpha value is -2.11. The molecule has 27 heavy (non-hydrogen) atoms. The summed E-state index contributed by atoms with van der Waals surface area (Å²) in [5.74, 6) is 0.0488. The quantitative estimate of drug-likeness (QED) is 0.829. The molecule has 0 unspecified atom stereocenters. The van der Waals surface area contributed by atoms with E-state index < -0.39 is 21.7 Å². The van der Waals surface area contributed by atoms with Crippen molar-refractivity contribution in [3.8, 4) is 6.07 Å². The number of amides is 1. The highest BCUT2D eigenvalue weighted by Gasteiger charge is 2.29. The summed E-state index contributed by atoms with van der Waals surface area (Å²) in [5.41, 5.74) is 0.368. The van der Waals surface area contributed by atoms with Crippen molar-refractivity contribution >= 4 is 16.1 Å². The number of rotatable bonds is 5. The summed E-state index contributed by atoms with van der Waals surface area (Å²) in [6, 6.07) is 8.79. The van der Waals surface area contributed by atoms with Gasteiger partial charge >= 0.3 is 6.09 Å². The second-order valence-electron chi connectivity index (χ2n) is 7.75. The van der Waals surface area contributed by atoms with Gasteiger partial charge < -0.3 is 10.1 Å². The monoisotopic (exact) mass is 393 g/mol. The first-order valence-electron chi connectivity index (χ1n) is 9.03. The van der Waals surface area contributed by atoms with Crippen LogP contribution in [0, 0.1) is 17.2 Å². The number of piperidine rings is 1. The zero-order chi connectivity index (χ0) is 20.1. The van der Waals surface area contributed by atoms with Crippen molar-refractivity contribution in [2.24, 2.45) is 5.92 Å². The van der Waals surface area contributed by atoms with Gasteiger partial charge in [0.05, 0.1) is 17.4 Å². The van der Waals surface area contributed by atoms with Crippen LogP contribution >= 0.6 is 0 Å². The maximum Gasteiger partial charge on any atom is 0.407 e. The van der Waals surface area contributed by atoms with Crippen LogP contribution in [0.4, 0.5) is 4.79 Å². The highest BCUT2D eigenvalue weighted by atomic mass is 32.2. The Labute approximate surface area is 161 Å². The Morgan fingerprint density at radius 1 is 1.30 bits per heavy atom. The lowest BCUT2D eigenvalue weighted by Gasteiger charge is -2.31. The molecule has 8 heteroatoms. The second-order valence-corrected chi connectivity index (χ2v) is 9.72. The minimum absolute atomic E-state index is 0.169. The number of carbonyl (C=O) groups excluding carboxylic acids is 1. The van der Waals surface area contributed by atoms with Crippen LogP contribution in [0.3, 0.4) is 0 Å². The number of sulfonamides is 1. The molecule has 0 aromatic heterocycles. The van der Waals surface area contributed by atoms with E-state index in [1.807, 2.05) is 6.07 Å². The second kappa shape index (κ2) is 8.72. The molecule has 2 rings (SSSR count). The SMILES string of the molecule is CC(C)(C)OC(=O)NCC1CCN(S(=O)(=O)Cc2ccccc2C#N)CC1. The number of nitriles is 1. The maximum absolute atomic E-state index is 12.7. The van der Waals surface area contributed by atoms with E-state index in [2.05, 4.69) is 5.32 Å². The van der Waals surface area contributed by atoms with Gasteiger partial charge in [-0.1, -0.05) is 18.2 Å². The number of hydrogen-bond acceptors (Lipinski definition) is 5. The normalized spacial score (nSPS) is 16.5. The van der Waals surface area contributed by atoms with Gasteiger partial charge in [-0.25, -0.2) is 17.5 Å². The van der Waals surface area contributed by atoms with Gasteiger partial charge in [0, 0.05) is 19.6 Å². The first-order chi connectivity index (χ1) is 12.6. The number of carbonyl (C=O) groups is 1. The van der Waals surface area contributed by atoms with E-state index >= 15 is 0 Å². The molecule has 7 nitrogen and oxygen atoms in total. The molecule has 0 atom stereocenters. The molecule has 148 valence electrons. The highest BCUT2D eigenvalue weighted by molar-refractivity contribution is 7.88. The van der Waals surface area contributed by atoms with Crippen LogP contribution < -0.4 is 5.32 Å². The molecule has 1 aromatic rings. The van der Waals surface area contributed by atoms with Crippen molar-refractivity contribution in [2.45, 2.75) is 45.0 Å². The van der Waals surface area contributed by atoms with E-state index in [1.54, 1.807) is 45.0 Å². The maximum atomic E-state index is 12.7. The lowest BCUT2D eigenvalue weighted by atomic mass is 9.98. The van der Waals surface area contributed by atoms with Crippen LogP contribution in [0.1, 0.15) is 44.7 Å². The summed E-state index contributed by atoms with van der Waals surface area (Å²) >= 11 is 0. The smallest absolute Gasteiger partial charge is 0.407 e. The topological polar surface area (TPSA) is 99.5 Å². The number of benzene rings is 1. The van der Waals surface area contributed by atoms with Crippen molar-refractivity contribution in [1.29, 1.82) is 5.26 Å².